The van der Waals surface area contributed by atoms with Crippen molar-refractivity contribution in [1.82, 2.24) is 0 Å². The Balaban J connectivity index is 1.80. The maximum atomic E-state index is 4.93. The monoisotopic (exact) mass is 102 g/mol. The average molecular weight is 102 g/mol. The molecule has 42 valence electrons. The molecule has 1 aliphatic heterocycles. The molecule has 2 heteroatoms. The van der Waals surface area contributed by atoms with Gasteiger partial charge < -0.3 is 9.47 Å². The Labute approximate surface area is 43.4 Å². The van der Waals surface area contributed by atoms with Gasteiger partial charge in [0.25, 0.3) is 0 Å². The van der Waals surface area contributed by atoms with Gasteiger partial charge in [-0.3, -0.25) is 0 Å². The molecule has 0 aromatic rings. The van der Waals surface area contributed by atoms with Crippen LogP contribution in [0.3, 0.4) is 0 Å². The normalized spacial score (nSPS) is 27.9. The van der Waals surface area contributed by atoms with Crippen molar-refractivity contribution < 1.29 is 9.47 Å². The molecule has 1 fully saturated rings. The van der Waals surface area contributed by atoms with Crippen molar-refractivity contribution in [2.24, 2.45) is 0 Å². The van der Waals surface area contributed by atoms with Gasteiger partial charge in [-0.25, -0.2) is 0 Å². The van der Waals surface area contributed by atoms with Gasteiger partial charge in [-0.05, 0) is 6.42 Å². The molecule has 0 amide bonds. The molecule has 0 radical (unpaired) electrons. The van der Waals surface area contributed by atoms with Crippen LogP contribution in [0.25, 0.3) is 0 Å². The summed E-state index contributed by atoms with van der Waals surface area (Å²) in [7, 11) is 1.71. The summed E-state index contributed by atoms with van der Waals surface area (Å²) in [5.74, 6) is 0. The number of epoxide rings is 1. The van der Waals surface area contributed by atoms with E-state index in [-0.39, 0.29) is 0 Å². The molecule has 1 saturated heterocycles. The fraction of sp³-hybridized carbons (Fsp3) is 1.00. The lowest BCUT2D eigenvalue weighted by Crippen LogP contribution is -1.92. The Morgan fingerprint density at radius 1 is 1.86 bits per heavy atom. The molecule has 7 heavy (non-hydrogen) atoms. The van der Waals surface area contributed by atoms with Gasteiger partial charge in [0.15, 0.2) is 0 Å². The lowest BCUT2D eigenvalue weighted by molar-refractivity contribution is 0.184. The molecule has 0 aliphatic carbocycles. The van der Waals surface area contributed by atoms with Crippen molar-refractivity contribution in [2.75, 3.05) is 20.3 Å². The third-order valence-electron chi connectivity index (χ3n) is 1.05. The van der Waals surface area contributed by atoms with Crippen LogP contribution in [0.2, 0.25) is 0 Å². The van der Waals surface area contributed by atoms with Crippen molar-refractivity contribution in [3.63, 3.8) is 0 Å². The van der Waals surface area contributed by atoms with E-state index in [0.717, 1.165) is 19.6 Å². The predicted octanol–water partition coefficient (Wildman–Crippen LogP) is 0.422. The van der Waals surface area contributed by atoms with E-state index in [2.05, 4.69) is 0 Å². The van der Waals surface area contributed by atoms with Crippen molar-refractivity contribution in [1.29, 1.82) is 0 Å². The second-order valence-electron chi connectivity index (χ2n) is 1.74. The first-order chi connectivity index (χ1) is 3.43. The Hall–Kier alpha value is -0.0800. The van der Waals surface area contributed by atoms with Crippen LogP contribution in [-0.2, 0) is 9.47 Å². The zero-order valence-electron chi connectivity index (χ0n) is 4.52. The summed E-state index contributed by atoms with van der Waals surface area (Å²) >= 11 is 0. The summed E-state index contributed by atoms with van der Waals surface area (Å²) in [6.07, 6.45) is 1.59. The zero-order valence-corrected chi connectivity index (χ0v) is 4.52. The first-order valence-electron chi connectivity index (χ1n) is 2.54. The number of hydrogen-bond acceptors (Lipinski definition) is 2. The topological polar surface area (TPSA) is 21.8 Å². The molecular formula is C5H10O2. The quantitative estimate of drug-likeness (QED) is 0.482. The SMILES string of the molecule is COCC[C@@H]1CO1. The number of hydrogen-bond donors (Lipinski definition) is 0. The van der Waals surface area contributed by atoms with E-state index < -0.39 is 0 Å². The number of methoxy groups -OCH3 is 1. The molecule has 1 heterocycles. The predicted molar refractivity (Wildman–Crippen MR) is 26.2 cm³/mol. The van der Waals surface area contributed by atoms with Gasteiger partial charge in [-0.15, -0.1) is 0 Å². The van der Waals surface area contributed by atoms with Gasteiger partial charge in [0.2, 0.25) is 0 Å². The maximum absolute atomic E-state index is 4.93. The van der Waals surface area contributed by atoms with Crippen LogP contribution >= 0.6 is 0 Å². The Morgan fingerprint density at radius 3 is 3.00 bits per heavy atom. The van der Waals surface area contributed by atoms with Crippen molar-refractivity contribution in [3.8, 4) is 0 Å². The lowest BCUT2D eigenvalue weighted by Gasteiger charge is -1.89. The highest BCUT2D eigenvalue weighted by Crippen LogP contribution is 2.12. The number of rotatable bonds is 3. The van der Waals surface area contributed by atoms with Crippen molar-refractivity contribution in [3.05, 3.63) is 0 Å². The van der Waals surface area contributed by atoms with E-state index in [1.165, 1.54) is 0 Å². The zero-order chi connectivity index (χ0) is 5.11. The van der Waals surface area contributed by atoms with E-state index in [1.54, 1.807) is 7.11 Å². The maximum Gasteiger partial charge on any atom is 0.0831 e. The van der Waals surface area contributed by atoms with Crippen LogP contribution in [0.1, 0.15) is 6.42 Å². The standard InChI is InChI=1S/C5H10O2/c1-6-3-2-5-4-7-5/h5H,2-4H2,1H3/t5-/m1/s1. The fourth-order valence-electron chi connectivity index (χ4n) is 0.484. The van der Waals surface area contributed by atoms with E-state index in [0.29, 0.717) is 6.10 Å². The van der Waals surface area contributed by atoms with Crippen LogP contribution in [0.15, 0.2) is 0 Å². The fourth-order valence-corrected chi connectivity index (χ4v) is 0.484. The van der Waals surface area contributed by atoms with E-state index >= 15 is 0 Å². The second kappa shape index (κ2) is 2.28. The third kappa shape index (κ3) is 1.90. The summed E-state index contributed by atoms with van der Waals surface area (Å²) in [5.41, 5.74) is 0. The molecule has 0 aromatic heterocycles. The molecule has 0 unspecified atom stereocenters. The molecule has 0 aromatic carbocycles. The average Bonchev–Trinajstić information content (AvgIpc) is 2.42. The Kier molecular flexibility index (Phi) is 1.65. The molecule has 0 N–H and O–H groups in total. The van der Waals surface area contributed by atoms with Crippen molar-refractivity contribution >= 4 is 0 Å². The summed E-state index contributed by atoms with van der Waals surface area (Å²) in [4.78, 5) is 0. The van der Waals surface area contributed by atoms with E-state index in [4.69, 9.17) is 9.47 Å². The van der Waals surface area contributed by atoms with Gasteiger partial charge in [0, 0.05) is 13.7 Å². The smallest absolute Gasteiger partial charge is 0.0831 e. The largest absolute Gasteiger partial charge is 0.385 e. The summed E-state index contributed by atoms with van der Waals surface area (Å²) in [5, 5.41) is 0. The van der Waals surface area contributed by atoms with Crippen LogP contribution in [0.4, 0.5) is 0 Å². The van der Waals surface area contributed by atoms with Crippen LogP contribution in [-0.4, -0.2) is 26.4 Å². The number of ether oxygens (including phenoxy) is 2. The highest BCUT2D eigenvalue weighted by atomic mass is 16.6. The van der Waals surface area contributed by atoms with E-state index in [9.17, 15) is 0 Å². The molecule has 1 atom stereocenters. The minimum Gasteiger partial charge on any atom is -0.385 e. The molecular weight excluding hydrogens is 92.1 g/mol. The summed E-state index contributed by atoms with van der Waals surface area (Å²) in [6.45, 7) is 1.79. The first kappa shape index (κ1) is 5.06. The van der Waals surface area contributed by atoms with Crippen LogP contribution < -0.4 is 0 Å². The van der Waals surface area contributed by atoms with Crippen molar-refractivity contribution in [2.45, 2.75) is 12.5 Å². The van der Waals surface area contributed by atoms with Gasteiger partial charge in [0.05, 0.1) is 12.7 Å². The third-order valence-corrected chi connectivity index (χ3v) is 1.05. The van der Waals surface area contributed by atoms with Gasteiger partial charge in [-0.2, -0.15) is 0 Å². The van der Waals surface area contributed by atoms with Crippen LogP contribution in [0.5, 0.6) is 0 Å². The summed E-state index contributed by atoms with van der Waals surface area (Å²) < 4.78 is 9.74. The molecule has 1 rings (SSSR count). The molecule has 2 nitrogen and oxygen atoms in total. The van der Waals surface area contributed by atoms with Gasteiger partial charge >= 0.3 is 0 Å². The summed E-state index contributed by atoms with van der Waals surface area (Å²) in [6, 6.07) is 0. The highest BCUT2D eigenvalue weighted by molar-refractivity contribution is 4.67. The second-order valence-corrected chi connectivity index (χ2v) is 1.74. The minimum absolute atomic E-state index is 0.528. The Bertz CT molecular complexity index is 50.0. The molecule has 1 aliphatic rings. The van der Waals surface area contributed by atoms with Gasteiger partial charge in [-0.1, -0.05) is 0 Å². The molecule has 0 saturated carbocycles. The van der Waals surface area contributed by atoms with Crippen LogP contribution in [0, 0.1) is 0 Å². The highest BCUT2D eigenvalue weighted by Gasteiger charge is 2.20. The lowest BCUT2D eigenvalue weighted by atomic mass is 10.4. The van der Waals surface area contributed by atoms with Gasteiger partial charge in [0.1, 0.15) is 0 Å². The minimum atomic E-state index is 0.528. The molecule has 0 bridgehead atoms. The van der Waals surface area contributed by atoms with E-state index in [1.807, 2.05) is 0 Å². The molecule has 0 spiro atoms. The Morgan fingerprint density at radius 2 is 2.57 bits per heavy atom. The first-order valence-corrected chi connectivity index (χ1v) is 2.54.